The van der Waals surface area contributed by atoms with Crippen LogP contribution in [-0.2, 0) is 16.1 Å². The SMILES string of the molecule is CC[C@H](C(=O)NC(C)C)N(Cc1ccccc1Cl)C(=O)COc1ccc(Cl)cc1Br. The van der Waals surface area contributed by atoms with Gasteiger partial charge in [-0.25, -0.2) is 0 Å². The zero-order chi connectivity index (χ0) is 22.3. The molecular formula is C22H25BrCl2N2O3. The smallest absolute Gasteiger partial charge is 0.261 e. The van der Waals surface area contributed by atoms with Gasteiger partial charge in [-0.3, -0.25) is 9.59 Å². The maximum absolute atomic E-state index is 13.1. The molecule has 0 aliphatic heterocycles. The molecule has 2 aromatic carbocycles. The van der Waals surface area contributed by atoms with E-state index >= 15 is 0 Å². The lowest BCUT2D eigenvalue weighted by Crippen LogP contribution is -2.51. The summed E-state index contributed by atoms with van der Waals surface area (Å²) in [6.45, 7) is 5.61. The monoisotopic (exact) mass is 514 g/mol. The molecule has 2 amide bonds. The second kappa shape index (κ2) is 11.6. The predicted molar refractivity (Wildman–Crippen MR) is 124 cm³/mol. The number of nitrogens with one attached hydrogen (secondary N) is 1. The van der Waals surface area contributed by atoms with Crippen LogP contribution in [0.25, 0.3) is 0 Å². The molecule has 0 fully saturated rings. The molecule has 0 bridgehead atoms. The molecule has 0 spiro atoms. The summed E-state index contributed by atoms with van der Waals surface area (Å²) < 4.78 is 6.34. The number of halogens is 3. The lowest BCUT2D eigenvalue weighted by atomic mass is 10.1. The van der Waals surface area contributed by atoms with Crippen molar-refractivity contribution < 1.29 is 14.3 Å². The highest BCUT2D eigenvalue weighted by Crippen LogP contribution is 2.28. The summed E-state index contributed by atoms with van der Waals surface area (Å²) in [5.74, 6) is -0.0340. The Bertz CT molecular complexity index is 892. The minimum Gasteiger partial charge on any atom is -0.483 e. The van der Waals surface area contributed by atoms with Crippen LogP contribution in [0.1, 0.15) is 32.8 Å². The first kappa shape index (κ1) is 24.5. The Labute approximate surface area is 195 Å². The van der Waals surface area contributed by atoms with Gasteiger partial charge in [0.1, 0.15) is 11.8 Å². The van der Waals surface area contributed by atoms with Crippen LogP contribution in [0.15, 0.2) is 46.9 Å². The van der Waals surface area contributed by atoms with Crippen LogP contribution in [0.5, 0.6) is 5.75 Å². The van der Waals surface area contributed by atoms with Crippen LogP contribution in [0.4, 0.5) is 0 Å². The van der Waals surface area contributed by atoms with Crippen molar-refractivity contribution in [2.75, 3.05) is 6.61 Å². The van der Waals surface area contributed by atoms with E-state index in [1.165, 1.54) is 4.90 Å². The van der Waals surface area contributed by atoms with Crippen molar-refractivity contribution in [2.24, 2.45) is 0 Å². The average Bonchev–Trinajstić information content (AvgIpc) is 2.67. The van der Waals surface area contributed by atoms with Crippen LogP contribution in [0.3, 0.4) is 0 Å². The third-order valence-corrected chi connectivity index (χ3v) is 5.58. The Kier molecular flexibility index (Phi) is 9.46. The Balaban J connectivity index is 2.25. The molecule has 0 saturated carbocycles. The molecule has 8 heteroatoms. The largest absolute Gasteiger partial charge is 0.483 e. The Morgan fingerprint density at radius 1 is 1.17 bits per heavy atom. The number of carbonyl (C=O) groups excluding carboxylic acids is 2. The molecule has 162 valence electrons. The van der Waals surface area contributed by atoms with E-state index in [9.17, 15) is 9.59 Å². The molecule has 5 nitrogen and oxygen atoms in total. The molecule has 2 aromatic rings. The first-order valence-corrected chi connectivity index (χ1v) is 11.2. The molecule has 0 radical (unpaired) electrons. The Morgan fingerprint density at radius 3 is 2.47 bits per heavy atom. The highest BCUT2D eigenvalue weighted by Gasteiger charge is 2.29. The van der Waals surface area contributed by atoms with E-state index in [1.54, 1.807) is 24.3 Å². The summed E-state index contributed by atoms with van der Waals surface area (Å²) in [4.78, 5) is 27.4. The van der Waals surface area contributed by atoms with Crippen molar-refractivity contribution in [3.05, 3.63) is 62.5 Å². The fourth-order valence-electron chi connectivity index (χ4n) is 2.93. The number of carbonyl (C=O) groups is 2. The minimum atomic E-state index is -0.645. The predicted octanol–water partition coefficient (Wildman–Crippen LogP) is 5.47. The van der Waals surface area contributed by atoms with Crippen LogP contribution in [0.2, 0.25) is 10.0 Å². The van der Waals surface area contributed by atoms with Gasteiger partial charge < -0.3 is 15.0 Å². The van der Waals surface area contributed by atoms with E-state index in [4.69, 9.17) is 27.9 Å². The quantitative estimate of drug-likeness (QED) is 0.482. The zero-order valence-corrected chi connectivity index (χ0v) is 20.2. The average molecular weight is 516 g/mol. The summed E-state index contributed by atoms with van der Waals surface area (Å²) >= 11 is 15.6. The van der Waals surface area contributed by atoms with Gasteiger partial charge in [-0.15, -0.1) is 0 Å². The molecule has 0 aliphatic rings. The second-order valence-electron chi connectivity index (χ2n) is 7.06. The summed E-state index contributed by atoms with van der Waals surface area (Å²) in [7, 11) is 0. The maximum Gasteiger partial charge on any atom is 0.261 e. The number of hydrogen-bond acceptors (Lipinski definition) is 3. The van der Waals surface area contributed by atoms with Gasteiger partial charge >= 0.3 is 0 Å². The van der Waals surface area contributed by atoms with Crippen LogP contribution in [0, 0.1) is 0 Å². The van der Waals surface area contributed by atoms with Gasteiger partial charge in [-0.05, 0) is 66.0 Å². The van der Waals surface area contributed by atoms with Gasteiger partial charge in [0.05, 0.1) is 4.47 Å². The summed E-state index contributed by atoms with van der Waals surface area (Å²) in [6.07, 6.45) is 0.458. The topological polar surface area (TPSA) is 58.6 Å². The van der Waals surface area contributed by atoms with Gasteiger partial charge in [0.2, 0.25) is 5.91 Å². The number of amides is 2. The third kappa shape index (κ3) is 6.89. The van der Waals surface area contributed by atoms with Gasteiger partial charge in [0.25, 0.3) is 5.91 Å². The molecular weight excluding hydrogens is 491 g/mol. The fraction of sp³-hybridized carbons (Fsp3) is 0.364. The number of ether oxygens (including phenoxy) is 1. The van der Waals surface area contributed by atoms with E-state index in [1.807, 2.05) is 39.0 Å². The van der Waals surface area contributed by atoms with E-state index in [0.29, 0.717) is 26.7 Å². The highest BCUT2D eigenvalue weighted by molar-refractivity contribution is 9.10. The van der Waals surface area contributed by atoms with Gasteiger partial charge in [-0.2, -0.15) is 0 Å². The maximum atomic E-state index is 13.1. The highest BCUT2D eigenvalue weighted by atomic mass is 79.9. The molecule has 0 aliphatic carbocycles. The fourth-order valence-corrected chi connectivity index (χ4v) is 3.92. The van der Waals surface area contributed by atoms with Gasteiger partial charge in [-0.1, -0.05) is 48.3 Å². The van der Waals surface area contributed by atoms with Crippen LogP contribution >= 0.6 is 39.1 Å². The van der Waals surface area contributed by atoms with Crippen molar-refractivity contribution in [1.29, 1.82) is 0 Å². The number of rotatable bonds is 9. The Morgan fingerprint density at radius 2 is 1.87 bits per heavy atom. The zero-order valence-electron chi connectivity index (χ0n) is 17.1. The second-order valence-corrected chi connectivity index (χ2v) is 8.76. The molecule has 1 N–H and O–H groups in total. The molecule has 0 heterocycles. The normalized spacial score (nSPS) is 11.8. The first-order chi connectivity index (χ1) is 14.2. The van der Waals surface area contributed by atoms with E-state index in [2.05, 4.69) is 21.2 Å². The van der Waals surface area contributed by atoms with Crippen molar-refractivity contribution >= 4 is 50.9 Å². The lowest BCUT2D eigenvalue weighted by Gasteiger charge is -2.31. The molecule has 30 heavy (non-hydrogen) atoms. The first-order valence-electron chi connectivity index (χ1n) is 9.64. The summed E-state index contributed by atoms with van der Waals surface area (Å²) in [5, 5.41) is 3.98. The summed E-state index contributed by atoms with van der Waals surface area (Å²) in [5.41, 5.74) is 0.760. The third-order valence-electron chi connectivity index (χ3n) is 4.36. The number of nitrogens with zero attached hydrogens (tertiary/aromatic N) is 1. The molecule has 2 rings (SSSR count). The minimum absolute atomic E-state index is 0.0370. The standard InChI is InChI=1S/C22H25BrCl2N2O3/c1-4-19(22(29)26-14(2)3)27(12-15-7-5-6-8-18(15)25)21(28)13-30-20-10-9-16(24)11-17(20)23/h5-11,14,19H,4,12-13H2,1-3H3,(H,26,29)/t19-/m1/s1. The van der Waals surface area contributed by atoms with E-state index in [-0.39, 0.29) is 31.0 Å². The number of benzene rings is 2. The van der Waals surface area contributed by atoms with Crippen LogP contribution in [-0.4, -0.2) is 35.4 Å². The van der Waals surface area contributed by atoms with Crippen molar-refractivity contribution in [2.45, 2.75) is 45.8 Å². The van der Waals surface area contributed by atoms with E-state index < -0.39 is 6.04 Å². The molecule has 0 saturated heterocycles. The molecule has 1 atom stereocenters. The van der Waals surface area contributed by atoms with Gasteiger partial charge in [0, 0.05) is 22.6 Å². The van der Waals surface area contributed by atoms with Gasteiger partial charge in [0.15, 0.2) is 6.61 Å². The van der Waals surface area contributed by atoms with Crippen molar-refractivity contribution in [1.82, 2.24) is 10.2 Å². The Hall–Kier alpha value is -1.76. The number of hydrogen-bond donors (Lipinski definition) is 1. The summed E-state index contributed by atoms with van der Waals surface area (Å²) in [6, 6.07) is 11.6. The van der Waals surface area contributed by atoms with E-state index in [0.717, 1.165) is 5.56 Å². The molecule has 0 unspecified atom stereocenters. The van der Waals surface area contributed by atoms with Crippen molar-refractivity contribution in [3.8, 4) is 5.75 Å². The van der Waals surface area contributed by atoms with Crippen molar-refractivity contribution in [3.63, 3.8) is 0 Å². The molecule has 0 aromatic heterocycles. The van der Waals surface area contributed by atoms with Crippen LogP contribution < -0.4 is 10.1 Å². The lowest BCUT2D eigenvalue weighted by molar-refractivity contribution is -0.143.